The molecule has 0 saturated heterocycles. The molecule has 0 amide bonds. The number of methoxy groups -OCH3 is 7. The number of allylic oxidation sites excluding steroid dienone is 3. The van der Waals surface area contributed by atoms with Crippen LogP contribution >= 0.6 is 0 Å². The zero-order valence-corrected chi connectivity index (χ0v) is 25.0. The Morgan fingerprint density at radius 1 is 0.558 bits per heavy atom. The monoisotopic (exact) mass is 590 g/mol. The Hall–Kier alpha value is -5.38. The number of ketones is 2. The quantitative estimate of drug-likeness (QED) is 0.148. The maximum atomic E-state index is 13.6. The van der Waals surface area contributed by atoms with Gasteiger partial charge in [-0.25, -0.2) is 0 Å². The van der Waals surface area contributed by atoms with E-state index >= 15 is 0 Å². The molecule has 0 aromatic heterocycles. The third-order valence-electron chi connectivity index (χ3n) is 6.35. The number of carbonyl (C=O) groups is 2. The van der Waals surface area contributed by atoms with E-state index in [2.05, 4.69) is 0 Å². The van der Waals surface area contributed by atoms with Gasteiger partial charge in [0, 0.05) is 24.3 Å². The van der Waals surface area contributed by atoms with Crippen LogP contribution in [0.2, 0.25) is 0 Å². The summed E-state index contributed by atoms with van der Waals surface area (Å²) in [6.07, 6.45) is 6.90. The molecule has 10 heteroatoms. The van der Waals surface area contributed by atoms with Crippen LogP contribution in [0.1, 0.15) is 16.7 Å². The molecule has 43 heavy (non-hydrogen) atoms. The minimum Gasteiger partial charge on any atom is -0.504 e. The number of phenolic OH excluding ortho intramolecular Hbond substituents is 1. The molecule has 10 nitrogen and oxygen atoms in total. The number of benzene rings is 3. The second-order valence-corrected chi connectivity index (χ2v) is 8.78. The first-order valence-corrected chi connectivity index (χ1v) is 12.9. The molecule has 3 aromatic carbocycles. The van der Waals surface area contributed by atoms with Gasteiger partial charge in [0.1, 0.15) is 34.5 Å². The summed E-state index contributed by atoms with van der Waals surface area (Å²) in [4.78, 5) is 27.2. The first-order chi connectivity index (χ1) is 20.7. The van der Waals surface area contributed by atoms with Crippen molar-refractivity contribution in [3.63, 3.8) is 0 Å². The maximum Gasteiger partial charge on any atom is 0.189 e. The van der Waals surface area contributed by atoms with Crippen LogP contribution in [0.25, 0.3) is 18.2 Å². The molecule has 0 fully saturated rings. The zero-order valence-electron chi connectivity index (χ0n) is 25.0. The molecule has 0 aliphatic heterocycles. The summed E-state index contributed by atoms with van der Waals surface area (Å²) >= 11 is 0. The fraction of sp³-hybridized carbons (Fsp3) is 0.212. The molecule has 3 aromatic rings. The molecule has 0 spiro atoms. The largest absolute Gasteiger partial charge is 0.504 e. The highest BCUT2D eigenvalue weighted by atomic mass is 16.5. The van der Waals surface area contributed by atoms with Gasteiger partial charge in [-0.2, -0.15) is 0 Å². The smallest absolute Gasteiger partial charge is 0.189 e. The van der Waals surface area contributed by atoms with Gasteiger partial charge in [0.15, 0.2) is 23.1 Å². The van der Waals surface area contributed by atoms with E-state index in [1.807, 2.05) is 0 Å². The molecule has 0 atom stereocenters. The Bertz CT molecular complexity index is 1430. The highest BCUT2D eigenvalue weighted by Gasteiger charge is 2.18. The number of rotatable bonds is 14. The van der Waals surface area contributed by atoms with Crippen molar-refractivity contribution >= 4 is 29.8 Å². The van der Waals surface area contributed by atoms with Gasteiger partial charge in [-0.05, 0) is 48.1 Å². The van der Waals surface area contributed by atoms with Crippen molar-refractivity contribution in [2.24, 2.45) is 0 Å². The SMILES string of the molecule is COc1cc(OC)c(/C=C/C(=O)C(=Cc2ccc(O)c(OC)c2)C(=O)/C=C/c2c(OC)cc(OC)cc2OC)c(OC)c1. The summed E-state index contributed by atoms with van der Waals surface area (Å²) in [6, 6.07) is 11.1. The van der Waals surface area contributed by atoms with Gasteiger partial charge in [0.25, 0.3) is 0 Å². The highest BCUT2D eigenvalue weighted by molar-refractivity contribution is 6.31. The number of ether oxygens (including phenoxy) is 7. The van der Waals surface area contributed by atoms with Gasteiger partial charge in [-0.1, -0.05) is 6.07 Å². The van der Waals surface area contributed by atoms with Crippen molar-refractivity contribution < 1.29 is 47.9 Å². The van der Waals surface area contributed by atoms with Gasteiger partial charge in [0.2, 0.25) is 0 Å². The van der Waals surface area contributed by atoms with Gasteiger partial charge in [0.05, 0.1) is 66.5 Å². The van der Waals surface area contributed by atoms with Crippen LogP contribution in [0.5, 0.6) is 46.0 Å². The fourth-order valence-electron chi connectivity index (χ4n) is 4.11. The lowest BCUT2D eigenvalue weighted by molar-refractivity contribution is -0.116. The van der Waals surface area contributed by atoms with Gasteiger partial charge >= 0.3 is 0 Å². The predicted octanol–water partition coefficient (Wildman–Crippen LogP) is 5.40. The van der Waals surface area contributed by atoms with E-state index < -0.39 is 11.6 Å². The molecule has 0 radical (unpaired) electrons. The van der Waals surface area contributed by atoms with E-state index in [0.29, 0.717) is 51.2 Å². The molecule has 3 rings (SSSR count). The fourth-order valence-corrected chi connectivity index (χ4v) is 4.11. The molecular formula is C33H34O10. The normalized spacial score (nSPS) is 10.8. The summed E-state index contributed by atoms with van der Waals surface area (Å²) in [5.41, 5.74) is 1.23. The average molecular weight is 591 g/mol. The third kappa shape index (κ3) is 7.68. The van der Waals surface area contributed by atoms with Crippen LogP contribution in [0, 0.1) is 0 Å². The van der Waals surface area contributed by atoms with Gasteiger partial charge < -0.3 is 38.3 Å². The average Bonchev–Trinajstić information content (AvgIpc) is 3.04. The van der Waals surface area contributed by atoms with E-state index in [1.54, 1.807) is 30.3 Å². The van der Waals surface area contributed by atoms with Crippen molar-refractivity contribution in [2.45, 2.75) is 0 Å². The lowest BCUT2D eigenvalue weighted by atomic mass is 10.00. The molecule has 0 aliphatic carbocycles. The standard InChI is InChI=1S/C33H34O10/c1-37-21-16-29(39-3)23(30(17-21)40-4)9-12-26(34)25(14-20-8-11-28(36)33(15-20)43-7)27(35)13-10-24-31(41-5)18-22(38-2)19-32(24)42-6/h8-19,36H,1-7H3/b12-9+,13-10+. The minimum atomic E-state index is -0.602. The third-order valence-corrected chi connectivity index (χ3v) is 6.35. The second-order valence-electron chi connectivity index (χ2n) is 8.78. The van der Waals surface area contributed by atoms with Crippen molar-refractivity contribution in [2.75, 3.05) is 49.8 Å². The molecular weight excluding hydrogens is 556 g/mol. The second kappa shape index (κ2) is 15.0. The Morgan fingerprint density at radius 2 is 0.953 bits per heavy atom. The van der Waals surface area contributed by atoms with E-state index in [-0.39, 0.29) is 17.1 Å². The van der Waals surface area contributed by atoms with Crippen LogP contribution in [0.3, 0.4) is 0 Å². The molecule has 0 saturated carbocycles. The molecule has 0 unspecified atom stereocenters. The van der Waals surface area contributed by atoms with Crippen molar-refractivity contribution in [3.8, 4) is 46.0 Å². The Labute approximate surface area is 250 Å². The van der Waals surface area contributed by atoms with Gasteiger partial charge in [-0.15, -0.1) is 0 Å². The molecule has 226 valence electrons. The number of aromatic hydroxyl groups is 1. The van der Waals surface area contributed by atoms with E-state index in [0.717, 1.165) is 0 Å². The summed E-state index contributed by atoms with van der Waals surface area (Å²) in [5, 5.41) is 10.0. The Balaban J connectivity index is 2.10. The lowest BCUT2D eigenvalue weighted by Gasteiger charge is -2.13. The summed E-state index contributed by atoms with van der Waals surface area (Å²) < 4.78 is 37.6. The first kappa shape index (κ1) is 32.1. The summed E-state index contributed by atoms with van der Waals surface area (Å²) in [6.45, 7) is 0. The maximum absolute atomic E-state index is 13.6. The van der Waals surface area contributed by atoms with E-state index in [4.69, 9.17) is 33.2 Å². The summed E-state index contributed by atoms with van der Waals surface area (Å²) in [5.74, 6) is 1.50. The Kier molecular flexibility index (Phi) is 11.2. The van der Waals surface area contributed by atoms with Crippen molar-refractivity contribution in [1.29, 1.82) is 0 Å². The number of hydrogen-bond donors (Lipinski definition) is 1. The lowest BCUT2D eigenvalue weighted by Crippen LogP contribution is -2.09. The number of hydrogen-bond acceptors (Lipinski definition) is 10. The van der Waals surface area contributed by atoms with Crippen LogP contribution in [0.15, 0.2) is 60.2 Å². The topological polar surface area (TPSA) is 119 Å². The van der Waals surface area contributed by atoms with E-state index in [9.17, 15) is 14.7 Å². The number of phenols is 1. The molecule has 0 heterocycles. The molecule has 1 N–H and O–H groups in total. The van der Waals surface area contributed by atoms with Crippen LogP contribution in [-0.2, 0) is 9.59 Å². The van der Waals surface area contributed by atoms with Crippen LogP contribution in [-0.4, -0.2) is 66.4 Å². The van der Waals surface area contributed by atoms with Gasteiger partial charge in [-0.3, -0.25) is 9.59 Å². The summed E-state index contributed by atoms with van der Waals surface area (Å²) in [7, 11) is 10.3. The van der Waals surface area contributed by atoms with Crippen LogP contribution in [0.4, 0.5) is 0 Å². The molecule has 0 bridgehead atoms. The molecule has 0 aliphatic rings. The first-order valence-electron chi connectivity index (χ1n) is 12.9. The number of carbonyl (C=O) groups excluding carboxylic acids is 2. The van der Waals surface area contributed by atoms with E-state index in [1.165, 1.54) is 92.3 Å². The Morgan fingerprint density at radius 3 is 1.30 bits per heavy atom. The minimum absolute atomic E-state index is 0.0870. The predicted molar refractivity (Wildman–Crippen MR) is 163 cm³/mol. The van der Waals surface area contributed by atoms with Crippen molar-refractivity contribution in [3.05, 3.63) is 76.9 Å². The highest BCUT2D eigenvalue weighted by Crippen LogP contribution is 2.36. The zero-order chi connectivity index (χ0) is 31.5. The van der Waals surface area contributed by atoms with Crippen molar-refractivity contribution in [1.82, 2.24) is 0 Å². The van der Waals surface area contributed by atoms with Crippen LogP contribution < -0.4 is 33.2 Å².